The maximum absolute atomic E-state index is 12.7. The molecule has 0 bridgehead atoms. The molecule has 1 saturated heterocycles. The summed E-state index contributed by atoms with van der Waals surface area (Å²) in [6.45, 7) is 3.81. The van der Waals surface area contributed by atoms with E-state index < -0.39 is 5.60 Å². The lowest BCUT2D eigenvalue weighted by molar-refractivity contribution is -0.142. The van der Waals surface area contributed by atoms with Crippen molar-refractivity contribution >= 4 is 11.6 Å². The van der Waals surface area contributed by atoms with Crippen molar-refractivity contribution in [1.29, 1.82) is 0 Å². The minimum Gasteiger partial charge on any atom is -0.496 e. The van der Waals surface area contributed by atoms with Crippen LogP contribution in [0.3, 0.4) is 0 Å². The molecule has 3 rings (SSSR count). The molecule has 6 heteroatoms. The molecule has 0 aliphatic carbocycles. The highest BCUT2D eigenvalue weighted by molar-refractivity contribution is 6.07. The molecular formula is C18H25N3O3. The molecule has 0 aromatic heterocycles. The van der Waals surface area contributed by atoms with Gasteiger partial charge in [-0.15, -0.1) is 0 Å². The zero-order valence-electron chi connectivity index (χ0n) is 14.5. The highest BCUT2D eigenvalue weighted by Crippen LogP contribution is 2.30. The van der Waals surface area contributed by atoms with Crippen LogP contribution in [0.1, 0.15) is 31.7 Å². The maximum Gasteiger partial charge on any atom is 0.267 e. The van der Waals surface area contributed by atoms with Crippen molar-refractivity contribution in [2.75, 3.05) is 27.2 Å². The number of amides is 1. The second-order valence-corrected chi connectivity index (χ2v) is 6.79. The van der Waals surface area contributed by atoms with Gasteiger partial charge in [0.25, 0.3) is 5.91 Å². The lowest BCUT2D eigenvalue weighted by Crippen LogP contribution is -2.51. The summed E-state index contributed by atoms with van der Waals surface area (Å²) in [6.07, 6.45) is 2.38. The van der Waals surface area contributed by atoms with Gasteiger partial charge in [0.15, 0.2) is 0 Å². The van der Waals surface area contributed by atoms with E-state index in [-0.39, 0.29) is 11.9 Å². The predicted molar refractivity (Wildman–Crippen MR) is 92.3 cm³/mol. The van der Waals surface area contributed by atoms with E-state index in [4.69, 9.17) is 9.57 Å². The molecule has 1 fully saturated rings. The van der Waals surface area contributed by atoms with Gasteiger partial charge in [-0.25, -0.2) is 0 Å². The zero-order chi connectivity index (χ0) is 17.2. The molecule has 6 nitrogen and oxygen atoms in total. The Bertz CT molecular complexity index is 638. The van der Waals surface area contributed by atoms with Crippen molar-refractivity contribution in [3.05, 3.63) is 29.8 Å². The molecule has 0 spiro atoms. The fraction of sp³-hybridized carbons (Fsp3) is 0.556. The van der Waals surface area contributed by atoms with Crippen molar-refractivity contribution in [3.63, 3.8) is 0 Å². The second kappa shape index (κ2) is 6.81. The van der Waals surface area contributed by atoms with Crippen LogP contribution in [-0.2, 0) is 9.63 Å². The number of nitrogens with zero attached hydrogens (tertiary/aromatic N) is 2. The van der Waals surface area contributed by atoms with E-state index in [0.717, 1.165) is 43.0 Å². The van der Waals surface area contributed by atoms with Gasteiger partial charge in [-0.2, -0.15) is 0 Å². The first-order valence-corrected chi connectivity index (χ1v) is 8.40. The summed E-state index contributed by atoms with van der Waals surface area (Å²) in [5, 5.41) is 7.29. The normalized spacial score (nSPS) is 25.0. The third-order valence-electron chi connectivity index (χ3n) is 4.81. The van der Waals surface area contributed by atoms with Crippen LogP contribution in [0, 0.1) is 0 Å². The molecule has 1 amide bonds. The molecule has 0 saturated carbocycles. The number of carbonyl (C=O) groups excluding carboxylic acids is 1. The fourth-order valence-corrected chi connectivity index (χ4v) is 3.18. The van der Waals surface area contributed by atoms with Crippen LogP contribution >= 0.6 is 0 Å². The number of likely N-dealkylation sites (tertiary alicyclic amines) is 1. The van der Waals surface area contributed by atoms with Crippen LogP contribution in [-0.4, -0.2) is 55.4 Å². The number of para-hydroxylation sites is 1. The molecule has 2 heterocycles. The van der Waals surface area contributed by atoms with Gasteiger partial charge in [0, 0.05) is 18.0 Å². The van der Waals surface area contributed by atoms with Crippen molar-refractivity contribution in [3.8, 4) is 5.75 Å². The van der Waals surface area contributed by atoms with E-state index in [1.54, 1.807) is 14.0 Å². The Kier molecular flexibility index (Phi) is 4.76. The van der Waals surface area contributed by atoms with Crippen LogP contribution in [0.5, 0.6) is 5.75 Å². The van der Waals surface area contributed by atoms with Gasteiger partial charge in [0.1, 0.15) is 5.75 Å². The number of oxime groups is 1. The molecule has 24 heavy (non-hydrogen) atoms. The van der Waals surface area contributed by atoms with Crippen LogP contribution in [0.15, 0.2) is 29.4 Å². The second-order valence-electron chi connectivity index (χ2n) is 6.79. The highest BCUT2D eigenvalue weighted by Gasteiger charge is 2.43. The summed E-state index contributed by atoms with van der Waals surface area (Å²) in [5.41, 5.74) is 0.656. The van der Waals surface area contributed by atoms with Crippen molar-refractivity contribution in [2.24, 2.45) is 5.16 Å². The van der Waals surface area contributed by atoms with E-state index in [1.807, 2.05) is 24.3 Å². The quantitative estimate of drug-likeness (QED) is 0.914. The number of methoxy groups -OCH3 is 1. The van der Waals surface area contributed by atoms with Crippen molar-refractivity contribution in [1.82, 2.24) is 10.2 Å². The predicted octanol–water partition coefficient (Wildman–Crippen LogP) is 1.79. The lowest BCUT2D eigenvalue weighted by Gasteiger charge is -2.31. The Morgan fingerprint density at radius 1 is 1.38 bits per heavy atom. The van der Waals surface area contributed by atoms with Gasteiger partial charge in [-0.05, 0) is 52.0 Å². The highest BCUT2D eigenvalue weighted by atomic mass is 16.7. The Hall–Kier alpha value is -2.08. The molecule has 2 aliphatic rings. The molecule has 1 atom stereocenters. The third-order valence-corrected chi connectivity index (χ3v) is 4.81. The van der Waals surface area contributed by atoms with Gasteiger partial charge in [0.2, 0.25) is 5.60 Å². The van der Waals surface area contributed by atoms with Crippen LogP contribution in [0.25, 0.3) is 0 Å². The van der Waals surface area contributed by atoms with Crippen LogP contribution in [0.4, 0.5) is 0 Å². The monoisotopic (exact) mass is 331 g/mol. The Labute approximate surface area is 142 Å². The van der Waals surface area contributed by atoms with Gasteiger partial charge in [-0.1, -0.05) is 17.3 Å². The van der Waals surface area contributed by atoms with Gasteiger partial charge < -0.3 is 19.8 Å². The van der Waals surface area contributed by atoms with Gasteiger partial charge in [-0.3, -0.25) is 4.79 Å². The number of benzene rings is 1. The minimum atomic E-state index is -0.959. The molecule has 0 unspecified atom stereocenters. The molecule has 2 aliphatic heterocycles. The number of ether oxygens (including phenoxy) is 1. The first-order valence-electron chi connectivity index (χ1n) is 8.40. The Morgan fingerprint density at radius 2 is 2.08 bits per heavy atom. The first-order chi connectivity index (χ1) is 11.5. The SMILES string of the molecule is COc1ccccc1C1=NO[C@@](C)(C(=O)NC2CCN(C)CC2)C1. The van der Waals surface area contributed by atoms with E-state index in [2.05, 4.69) is 22.4 Å². The number of nitrogens with one attached hydrogen (secondary N) is 1. The Balaban J connectivity index is 1.65. The summed E-state index contributed by atoms with van der Waals surface area (Å²) in [4.78, 5) is 20.5. The molecule has 130 valence electrons. The summed E-state index contributed by atoms with van der Waals surface area (Å²) in [5.74, 6) is 0.644. The molecule has 1 aromatic rings. The standard InChI is InChI=1S/C18H25N3O3/c1-18(17(22)19-13-8-10-21(2)11-9-13)12-15(20-24-18)14-6-4-5-7-16(14)23-3/h4-7,13H,8-12H2,1-3H3,(H,19,22)/t18-/m1/s1. The Morgan fingerprint density at radius 3 is 2.79 bits per heavy atom. The molecule has 0 radical (unpaired) electrons. The van der Waals surface area contributed by atoms with Crippen molar-refractivity contribution < 1.29 is 14.4 Å². The average Bonchev–Trinajstić information content (AvgIpc) is 3.00. The number of piperidine rings is 1. The largest absolute Gasteiger partial charge is 0.496 e. The van der Waals surface area contributed by atoms with E-state index in [1.165, 1.54) is 0 Å². The lowest BCUT2D eigenvalue weighted by atomic mass is 9.93. The summed E-state index contributed by atoms with van der Waals surface area (Å²) in [6, 6.07) is 7.86. The number of hydrogen-bond acceptors (Lipinski definition) is 5. The average molecular weight is 331 g/mol. The summed E-state index contributed by atoms with van der Waals surface area (Å²) in [7, 11) is 3.73. The molecule has 1 aromatic carbocycles. The number of hydrogen-bond donors (Lipinski definition) is 1. The summed E-state index contributed by atoms with van der Waals surface area (Å²) >= 11 is 0. The van der Waals surface area contributed by atoms with Crippen LogP contribution < -0.4 is 10.1 Å². The van der Waals surface area contributed by atoms with Crippen LogP contribution in [0.2, 0.25) is 0 Å². The first kappa shape index (κ1) is 16.8. The van der Waals surface area contributed by atoms with E-state index in [0.29, 0.717) is 6.42 Å². The molecule has 1 N–H and O–H groups in total. The molecular weight excluding hydrogens is 306 g/mol. The van der Waals surface area contributed by atoms with Crippen molar-refractivity contribution in [2.45, 2.75) is 37.8 Å². The minimum absolute atomic E-state index is 0.0919. The maximum atomic E-state index is 12.7. The summed E-state index contributed by atoms with van der Waals surface area (Å²) < 4.78 is 5.38. The zero-order valence-corrected chi connectivity index (χ0v) is 14.5. The van der Waals surface area contributed by atoms with E-state index >= 15 is 0 Å². The smallest absolute Gasteiger partial charge is 0.267 e. The topological polar surface area (TPSA) is 63.2 Å². The number of rotatable bonds is 4. The fourth-order valence-electron chi connectivity index (χ4n) is 3.18. The third kappa shape index (κ3) is 3.38. The number of carbonyl (C=O) groups is 1. The van der Waals surface area contributed by atoms with E-state index in [9.17, 15) is 4.79 Å². The van der Waals surface area contributed by atoms with Gasteiger partial charge >= 0.3 is 0 Å². The van der Waals surface area contributed by atoms with Gasteiger partial charge in [0.05, 0.1) is 12.8 Å².